The Kier molecular flexibility index (Phi) is 5.05. The molecular weight excluding hydrogens is 242 g/mol. The Balaban J connectivity index is 1.62. The Morgan fingerprint density at radius 1 is 1.05 bits per heavy atom. The topological polar surface area (TPSA) is 61.4 Å². The number of urea groups is 1. The van der Waals surface area contributed by atoms with Gasteiger partial charge in [-0.2, -0.15) is 0 Å². The first-order chi connectivity index (χ1) is 9.16. The fourth-order valence-electron chi connectivity index (χ4n) is 3.23. The van der Waals surface area contributed by atoms with E-state index in [1.807, 2.05) is 4.90 Å². The number of likely N-dealkylation sites (tertiary alicyclic amines) is 1. The van der Waals surface area contributed by atoms with Gasteiger partial charge in [0.1, 0.15) is 0 Å². The van der Waals surface area contributed by atoms with Gasteiger partial charge >= 0.3 is 6.03 Å². The minimum atomic E-state index is -0.0186. The summed E-state index contributed by atoms with van der Waals surface area (Å²) < 4.78 is 0. The van der Waals surface area contributed by atoms with Crippen LogP contribution in [0.3, 0.4) is 0 Å². The summed E-state index contributed by atoms with van der Waals surface area (Å²) in [6.45, 7) is 4.63. The van der Waals surface area contributed by atoms with E-state index in [2.05, 4.69) is 10.6 Å². The van der Waals surface area contributed by atoms with Gasteiger partial charge in [0, 0.05) is 33.1 Å². The van der Waals surface area contributed by atoms with Crippen molar-refractivity contribution in [2.75, 3.05) is 26.2 Å². The summed E-state index contributed by atoms with van der Waals surface area (Å²) in [4.78, 5) is 24.7. The number of nitrogens with zero attached hydrogens (tertiary/aromatic N) is 1. The molecule has 1 saturated heterocycles. The molecule has 2 atom stereocenters. The predicted octanol–water partition coefficient (Wildman–Crippen LogP) is 1.34. The van der Waals surface area contributed by atoms with Crippen molar-refractivity contribution in [2.24, 2.45) is 11.8 Å². The molecule has 0 radical (unpaired) electrons. The zero-order chi connectivity index (χ0) is 13.7. The lowest BCUT2D eigenvalue weighted by Crippen LogP contribution is -2.39. The minimum absolute atomic E-state index is 0.0186. The van der Waals surface area contributed by atoms with Crippen molar-refractivity contribution >= 4 is 11.9 Å². The van der Waals surface area contributed by atoms with Crippen LogP contribution in [-0.4, -0.2) is 43.0 Å². The van der Waals surface area contributed by atoms with Crippen LogP contribution in [0.4, 0.5) is 4.79 Å². The third-order valence-corrected chi connectivity index (χ3v) is 4.27. The molecule has 3 amide bonds. The van der Waals surface area contributed by atoms with Crippen LogP contribution in [0.1, 0.15) is 39.0 Å². The molecule has 0 aromatic heterocycles. The first-order valence-corrected chi connectivity index (χ1v) is 7.44. The van der Waals surface area contributed by atoms with Gasteiger partial charge in [0.05, 0.1) is 0 Å². The summed E-state index contributed by atoms with van der Waals surface area (Å²) in [5.74, 6) is 1.45. The lowest BCUT2D eigenvalue weighted by Gasteiger charge is -2.22. The van der Waals surface area contributed by atoms with Crippen LogP contribution in [0.25, 0.3) is 0 Å². The first kappa shape index (κ1) is 14.2. The van der Waals surface area contributed by atoms with Crippen molar-refractivity contribution in [3.63, 3.8) is 0 Å². The standard InChI is InChI=1S/C14H25N3O2/c1-11(18)15-7-4-8-16-14(19)17-9-12-5-2-3-6-13(12)10-17/h12-13H,2-10H2,1H3,(H,15,18)(H,16,19). The highest BCUT2D eigenvalue weighted by atomic mass is 16.2. The summed E-state index contributed by atoms with van der Waals surface area (Å²) in [6, 6.07) is 0.0669. The van der Waals surface area contributed by atoms with Crippen LogP contribution in [0, 0.1) is 11.8 Å². The second-order valence-corrected chi connectivity index (χ2v) is 5.78. The molecule has 1 aliphatic heterocycles. The molecule has 5 nitrogen and oxygen atoms in total. The second kappa shape index (κ2) is 6.78. The smallest absolute Gasteiger partial charge is 0.317 e. The molecule has 1 aliphatic carbocycles. The Morgan fingerprint density at radius 2 is 1.63 bits per heavy atom. The number of amides is 3. The zero-order valence-electron chi connectivity index (χ0n) is 11.8. The van der Waals surface area contributed by atoms with Crippen LogP contribution in [0.2, 0.25) is 0 Å². The molecule has 108 valence electrons. The van der Waals surface area contributed by atoms with Crippen molar-refractivity contribution in [1.82, 2.24) is 15.5 Å². The molecule has 2 aliphatic rings. The molecule has 1 heterocycles. The molecule has 0 aromatic rings. The van der Waals surface area contributed by atoms with Crippen LogP contribution in [-0.2, 0) is 4.79 Å². The average molecular weight is 267 g/mol. The summed E-state index contributed by atoms with van der Waals surface area (Å²) in [7, 11) is 0. The number of carbonyl (C=O) groups excluding carboxylic acids is 2. The molecule has 2 rings (SSSR count). The maximum Gasteiger partial charge on any atom is 0.317 e. The van der Waals surface area contributed by atoms with Gasteiger partial charge in [0.2, 0.25) is 5.91 Å². The van der Waals surface area contributed by atoms with Crippen LogP contribution < -0.4 is 10.6 Å². The van der Waals surface area contributed by atoms with E-state index in [0.29, 0.717) is 13.1 Å². The maximum atomic E-state index is 12.0. The fourth-order valence-corrected chi connectivity index (χ4v) is 3.23. The monoisotopic (exact) mass is 267 g/mol. The quantitative estimate of drug-likeness (QED) is 0.755. The van der Waals surface area contributed by atoms with Gasteiger partial charge in [0.15, 0.2) is 0 Å². The number of carbonyl (C=O) groups is 2. The minimum Gasteiger partial charge on any atom is -0.356 e. The predicted molar refractivity (Wildman–Crippen MR) is 73.7 cm³/mol. The van der Waals surface area contributed by atoms with Crippen molar-refractivity contribution in [3.05, 3.63) is 0 Å². The van der Waals surface area contributed by atoms with Gasteiger partial charge in [-0.15, -0.1) is 0 Å². The first-order valence-electron chi connectivity index (χ1n) is 7.44. The summed E-state index contributed by atoms with van der Waals surface area (Å²) in [5.41, 5.74) is 0. The third-order valence-electron chi connectivity index (χ3n) is 4.27. The number of nitrogens with one attached hydrogen (secondary N) is 2. The molecule has 0 aromatic carbocycles. The lowest BCUT2D eigenvalue weighted by molar-refractivity contribution is -0.118. The zero-order valence-corrected chi connectivity index (χ0v) is 11.8. The maximum absolute atomic E-state index is 12.0. The number of fused-ring (bicyclic) bond motifs is 1. The van der Waals surface area contributed by atoms with E-state index in [1.165, 1.54) is 32.6 Å². The largest absolute Gasteiger partial charge is 0.356 e. The van der Waals surface area contributed by atoms with E-state index < -0.39 is 0 Å². The molecule has 2 unspecified atom stereocenters. The van der Waals surface area contributed by atoms with E-state index in [4.69, 9.17) is 0 Å². The highest BCUT2D eigenvalue weighted by Crippen LogP contribution is 2.35. The lowest BCUT2D eigenvalue weighted by atomic mass is 9.82. The van der Waals surface area contributed by atoms with Crippen molar-refractivity contribution in [2.45, 2.75) is 39.0 Å². The average Bonchev–Trinajstić information content (AvgIpc) is 2.81. The highest BCUT2D eigenvalue weighted by Gasteiger charge is 2.36. The Labute approximate surface area is 115 Å². The van der Waals surface area contributed by atoms with Crippen molar-refractivity contribution in [1.29, 1.82) is 0 Å². The molecule has 2 N–H and O–H groups in total. The molecule has 5 heteroatoms. The number of hydrogen-bond acceptors (Lipinski definition) is 2. The number of hydrogen-bond donors (Lipinski definition) is 2. The molecule has 0 bridgehead atoms. The van der Waals surface area contributed by atoms with E-state index >= 15 is 0 Å². The SMILES string of the molecule is CC(=O)NCCCNC(=O)N1CC2CCCCC2C1. The molecule has 1 saturated carbocycles. The highest BCUT2D eigenvalue weighted by molar-refractivity contribution is 5.74. The molecule has 2 fully saturated rings. The summed E-state index contributed by atoms with van der Waals surface area (Å²) in [6.07, 6.45) is 6.01. The van der Waals surface area contributed by atoms with Crippen molar-refractivity contribution in [3.8, 4) is 0 Å². The Hall–Kier alpha value is -1.26. The summed E-state index contributed by atoms with van der Waals surface area (Å²) >= 11 is 0. The number of rotatable bonds is 4. The van der Waals surface area contributed by atoms with E-state index in [-0.39, 0.29) is 11.9 Å². The van der Waals surface area contributed by atoms with Gasteiger partial charge in [-0.3, -0.25) is 4.79 Å². The van der Waals surface area contributed by atoms with Crippen LogP contribution >= 0.6 is 0 Å². The van der Waals surface area contributed by atoms with Gasteiger partial charge in [-0.1, -0.05) is 12.8 Å². The van der Waals surface area contributed by atoms with E-state index in [0.717, 1.165) is 31.3 Å². The van der Waals surface area contributed by atoms with Gasteiger partial charge in [-0.25, -0.2) is 4.79 Å². The van der Waals surface area contributed by atoms with Gasteiger partial charge in [0.25, 0.3) is 0 Å². The van der Waals surface area contributed by atoms with Crippen molar-refractivity contribution < 1.29 is 9.59 Å². The normalized spacial score (nSPS) is 25.8. The fraction of sp³-hybridized carbons (Fsp3) is 0.857. The molecule has 0 spiro atoms. The second-order valence-electron chi connectivity index (χ2n) is 5.78. The van der Waals surface area contributed by atoms with Gasteiger partial charge < -0.3 is 15.5 Å². The van der Waals surface area contributed by atoms with Crippen LogP contribution in [0.15, 0.2) is 0 Å². The van der Waals surface area contributed by atoms with E-state index in [9.17, 15) is 9.59 Å². The third kappa shape index (κ3) is 4.11. The molecular formula is C14H25N3O2. The Bertz CT molecular complexity index is 319. The van der Waals surface area contributed by atoms with Gasteiger partial charge in [-0.05, 0) is 31.1 Å². The summed E-state index contributed by atoms with van der Waals surface area (Å²) in [5, 5.41) is 5.67. The Morgan fingerprint density at radius 3 is 2.21 bits per heavy atom. The molecule has 19 heavy (non-hydrogen) atoms. The van der Waals surface area contributed by atoms with E-state index in [1.54, 1.807) is 0 Å². The van der Waals surface area contributed by atoms with Crippen LogP contribution in [0.5, 0.6) is 0 Å².